The van der Waals surface area contributed by atoms with E-state index in [1.165, 1.54) is 0 Å². The number of nitrogens with zero attached hydrogens (tertiary/aromatic N) is 1. The number of carbonyl (C=O) groups is 2. The third-order valence-corrected chi connectivity index (χ3v) is 4.88. The van der Waals surface area contributed by atoms with Crippen molar-refractivity contribution in [2.75, 3.05) is 13.1 Å². The van der Waals surface area contributed by atoms with Crippen molar-refractivity contribution in [2.24, 2.45) is 17.6 Å². The second-order valence-corrected chi connectivity index (χ2v) is 6.25. The Morgan fingerprint density at radius 2 is 1.65 bits per heavy atom. The van der Waals surface area contributed by atoms with Crippen molar-refractivity contribution < 1.29 is 14.7 Å². The van der Waals surface area contributed by atoms with Crippen LogP contribution in [0.3, 0.4) is 0 Å². The zero-order valence-corrected chi connectivity index (χ0v) is 12.1. The van der Waals surface area contributed by atoms with Crippen LogP contribution in [0.15, 0.2) is 0 Å². The van der Waals surface area contributed by atoms with E-state index in [1.807, 2.05) is 0 Å². The van der Waals surface area contributed by atoms with Crippen LogP contribution in [0, 0.1) is 11.8 Å². The average molecular weight is 282 g/mol. The van der Waals surface area contributed by atoms with Gasteiger partial charge in [-0.1, -0.05) is 12.8 Å². The Bertz CT molecular complexity index is 345. The highest BCUT2D eigenvalue weighted by atomic mass is 16.4. The number of nitrogens with two attached hydrogens (primary N) is 1. The third kappa shape index (κ3) is 3.72. The molecule has 0 spiro atoms. The summed E-state index contributed by atoms with van der Waals surface area (Å²) < 4.78 is 0. The van der Waals surface area contributed by atoms with Crippen molar-refractivity contribution in [3.05, 3.63) is 0 Å². The average Bonchev–Trinajstić information content (AvgIpc) is 2.98. The van der Waals surface area contributed by atoms with E-state index in [0.717, 1.165) is 51.4 Å². The molecule has 0 saturated heterocycles. The Kier molecular flexibility index (Phi) is 5.40. The Morgan fingerprint density at radius 1 is 1.05 bits per heavy atom. The first-order valence-electron chi connectivity index (χ1n) is 7.84. The SMILES string of the molecule is NCC1CCC(C(=O)N(CC(=O)O)C2CCCC2)CC1. The zero-order chi connectivity index (χ0) is 14.5. The number of aliphatic carboxylic acids is 1. The minimum atomic E-state index is -0.902. The summed E-state index contributed by atoms with van der Waals surface area (Å²) in [6.45, 7) is 0.558. The van der Waals surface area contributed by atoms with Gasteiger partial charge in [-0.25, -0.2) is 0 Å². The van der Waals surface area contributed by atoms with Gasteiger partial charge in [0, 0.05) is 12.0 Å². The Balaban J connectivity index is 1.97. The molecule has 0 bridgehead atoms. The van der Waals surface area contributed by atoms with Gasteiger partial charge in [0.05, 0.1) is 0 Å². The summed E-state index contributed by atoms with van der Waals surface area (Å²) in [5.74, 6) is -0.285. The molecule has 3 N–H and O–H groups in total. The second kappa shape index (κ2) is 7.07. The molecule has 0 radical (unpaired) electrons. The molecule has 114 valence electrons. The van der Waals surface area contributed by atoms with Crippen molar-refractivity contribution in [3.8, 4) is 0 Å². The lowest BCUT2D eigenvalue weighted by Gasteiger charge is -2.34. The van der Waals surface area contributed by atoms with Gasteiger partial charge < -0.3 is 15.7 Å². The lowest BCUT2D eigenvalue weighted by Crippen LogP contribution is -2.46. The van der Waals surface area contributed by atoms with Gasteiger partial charge in [0.1, 0.15) is 6.54 Å². The van der Waals surface area contributed by atoms with Gasteiger partial charge in [0.2, 0.25) is 5.91 Å². The van der Waals surface area contributed by atoms with Gasteiger partial charge in [-0.3, -0.25) is 9.59 Å². The minimum Gasteiger partial charge on any atom is -0.480 e. The first-order valence-corrected chi connectivity index (χ1v) is 7.84. The summed E-state index contributed by atoms with van der Waals surface area (Å²) in [6, 6.07) is 0.144. The van der Waals surface area contributed by atoms with Gasteiger partial charge in [-0.15, -0.1) is 0 Å². The topological polar surface area (TPSA) is 83.6 Å². The molecular weight excluding hydrogens is 256 g/mol. The number of hydrogen-bond acceptors (Lipinski definition) is 3. The molecular formula is C15H26N2O3. The molecule has 0 aromatic heterocycles. The Hall–Kier alpha value is -1.10. The van der Waals surface area contributed by atoms with Crippen LogP contribution in [-0.2, 0) is 9.59 Å². The van der Waals surface area contributed by atoms with Gasteiger partial charge in [-0.05, 0) is 51.0 Å². The van der Waals surface area contributed by atoms with Crippen molar-refractivity contribution in [3.63, 3.8) is 0 Å². The molecule has 0 heterocycles. The van der Waals surface area contributed by atoms with Crippen molar-refractivity contribution in [2.45, 2.75) is 57.4 Å². The summed E-state index contributed by atoms with van der Waals surface area (Å²) in [7, 11) is 0. The predicted molar refractivity (Wildman–Crippen MR) is 76.1 cm³/mol. The molecule has 2 rings (SSSR count). The van der Waals surface area contributed by atoms with E-state index in [4.69, 9.17) is 10.8 Å². The van der Waals surface area contributed by atoms with Crippen LogP contribution in [0.25, 0.3) is 0 Å². The normalized spacial score (nSPS) is 27.4. The minimum absolute atomic E-state index is 0.0118. The monoisotopic (exact) mass is 282 g/mol. The molecule has 2 saturated carbocycles. The van der Waals surface area contributed by atoms with E-state index < -0.39 is 5.97 Å². The molecule has 2 aliphatic rings. The van der Waals surface area contributed by atoms with Crippen molar-refractivity contribution >= 4 is 11.9 Å². The van der Waals surface area contributed by atoms with Crippen LogP contribution >= 0.6 is 0 Å². The van der Waals surface area contributed by atoms with Gasteiger partial charge >= 0.3 is 5.97 Å². The molecule has 0 unspecified atom stereocenters. The lowest BCUT2D eigenvalue weighted by atomic mass is 9.81. The summed E-state index contributed by atoms with van der Waals surface area (Å²) >= 11 is 0. The van der Waals surface area contributed by atoms with Crippen molar-refractivity contribution in [1.82, 2.24) is 4.90 Å². The number of carboxylic acids is 1. The fourth-order valence-corrected chi connectivity index (χ4v) is 3.63. The summed E-state index contributed by atoms with van der Waals surface area (Å²) in [5.41, 5.74) is 5.68. The van der Waals surface area contributed by atoms with E-state index in [9.17, 15) is 9.59 Å². The second-order valence-electron chi connectivity index (χ2n) is 6.25. The van der Waals surface area contributed by atoms with Gasteiger partial charge in [0.25, 0.3) is 0 Å². The largest absolute Gasteiger partial charge is 0.480 e. The Morgan fingerprint density at radius 3 is 2.15 bits per heavy atom. The van der Waals surface area contributed by atoms with Crippen LogP contribution in [0.4, 0.5) is 0 Å². The standard InChI is InChI=1S/C15H26N2O3/c16-9-11-5-7-12(8-6-11)15(20)17(10-14(18)19)13-3-1-2-4-13/h11-13H,1-10,16H2,(H,18,19). The van der Waals surface area contributed by atoms with E-state index in [0.29, 0.717) is 12.5 Å². The molecule has 0 atom stereocenters. The summed E-state index contributed by atoms with van der Waals surface area (Å²) in [4.78, 5) is 25.3. The summed E-state index contributed by atoms with van der Waals surface area (Å²) in [6.07, 6.45) is 7.85. The molecule has 2 aliphatic carbocycles. The highest BCUT2D eigenvalue weighted by Gasteiger charge is 2.34. The first-order chi connectivity index (χ1) is 9.61. The molecule has 20 heavy (non-hydrogen) atoms. The molecule has 5 nitrogen and oxygen atoms in total. The van der Waals surface area contributed by atoms with Gasteiger partial charge in [0.15, 0.2) is 0 Å². The molecule has 5 heteroatoms. The summed E-state index contributed by atoms with van der Waals surface area (Å²) in [5, 5.41) is 9.06. The fourth-order valence-electron chi connectivity index (χ4n) is 3.63. The highest BCUT2D eigenvalue weighted by Crippen LogP contribution is 2.32. The van der Waals surface area contributed by atoms with E-state index in [-0.39, 0.29) is 24.4 Å². The van der Waals surface area contributed by atoms with Crippen LogP contribution < -0.4 is 5.73 Å². The number of carbonyl (C=O) groups excluding carboxylic acids is 1. The van der Waals surface area contributed by atoms with Gasteiger partial charge in [-0.2, -0.15) is 0 Å². The molecule has 0 aromatic carbocycles. The maximum Gasteiger partial charge on any atom is 0.323 e. The van der Waals surface area contributed by atoms with Crippen molar-refractivity contribution in [1.29, 1.82) is 0 Å². The smallest absolute Gasteiger partial charge is 0.323 e. The zero-order valence-electron chi connectivity index (χ0n) is 12.1. The molecule has 0 aliphatic heterocycles. The quantitative estimate of drug-likeness (QED) is 0.802. The molecule has 1 amide bonds. The number of carboxylic acid groups (broad SMARTS) is 1. The molecule has 2 fully saturated rings. The van der Waals surface area contributed by atoms with Crippen LogP contribution in [0.5, 0.6) is 0 Å². The van der Waals surface area contributed by atoms with E-state index in [1.54, 1.807) is 4.90 Å². The maximum absolute atomic E-state index is 12.6. The van der Waals surface area contributed by atoms with E-state index in [2.05, 4.69) is 0 Å². The number of amides is 1. The first kappa shape index (κ1) is 15.3. The van der Waals surface area contributed by atoms with Crippen LogP contribution in [0.1, 0.15) is 51.4 Å². The van der Waals surface area contributed by atoms with E-state index >= 15 is 0 Å². The lowest BCUT2D eigenvalue weighted by molar-refractivity contribution is -0.149. The fraction of sp³-hybridized carbons (Fsp3) is 0.867. The predicted octanol–water partition coefficient (Wildman–Crippen LogP) is 1.61. The molecule has 0 aromatic rings. The third-order valence-electron chi connectivity index (χ3n) is 4.88. The highest BCUT2D eigenvalue weighted by molar-refractivity contribution is 5.83. The Labute approximate surface area is 120 Å². The maximum atomic E-state index is 12.6. The number of hydrogen-bond donors (Lipinski definition) is 2. The van der Waals surface area contributed by atoms with Crippen LogP contribution in [0.2, 0.25) is 0 Å². The van der Waals surface area contributed by atoms with Crippen LogP contribution in [-0.4, -0.2) is 41.0 Å². The number of rotatable bonds is 5.